The molecule has 0 aromatic heterocycles. The molecular formula is C26H36O3. The number of fused-ring (bicyclic) bond motifs is 2. The molecule has 7 aliphatic rings. The molecule has 29 heavy (non-hydrogen) atoms. The van der Waals surface area contributed by atoms with Crippen molar-refractivity contribution in [3.63, 3.8) is 0 Å². The minimum Gasteiger partial charge on any atom is -0.512 e. The largest absolute Gasteiger partial charge is 0.512 e. The van der Waals surface area contributed by atoms with Crippen molar-refractivity contribution >= 4 is 0 Å². The van der Waals surface area contributed by atoms with E-state index in [1.807, 2.05) is 6.08 Å². The van der Waals surface area contributed by atoms with Crippen LogP contribution in [0.15, 0.2) is 24.0 Å². The Kier molecular flexibility index (Phi) is 3.07. The molecule has 7 aliphatic carbocycles. The summed E-state index contributed by atoms with van der Waals surface area (Å²) in [5, 5.41) is 23.6. The zero-order valence-electron chi connectivity index (χ0n) is 18.0. The van der Waals surface area contributed by atoms with Crippen LogP contribution < -0.4 is 0 Å². The molecule has 2 spiro atoms. The van der Waals surface area contributed by atoms with Crippen LogP contribution in [0.25, 0.3) is 0 Å². The summed E-state index contributed by atoms with van der Waals surface area (Å²) in [7, 11) is 1.71. The highest BCUT2D eigenvalue weighted by Crippen LogP contribution is 2.89. The second kappa shape index (κ2) is 4.99. The van der Waals surface area contributed by atoms with Gasteiger partial charge in [0.15, 0.2) is 0 Å². The fourth-order valence-electron chi connectivity index (χ4n) is 11.7. The van der Waals surface area contributed by atoms with Crippen LogP contribution in [0.1, 0.15) is 71.1 Å². The monoisotopic (exact) mass is 396 g/mol. The van der Waals surface area contributed by atoms with Gasteiger partial charge in [-0.05, 0) is 91.4 Å². The lowest BCUT2D eigenvalue weighted by Gasteiger charge is -2.59. The predicted octanol–water partition coefficient (Wildman–Crippen LogP) is 5.16. The summed E-state index contributed by atoms with van der Waals surface area (Å²) in [6.07, 6.45) is 19.6. The summed E-state index contributed by atoms with van der Waals surface area (Å²) in [4.78, 5) is 0. The molecular weight excluding hydrogens is 360 g/mol. The number of rotatable bonds is 1. The summed E-state index contributed by atoms with van der Waals surface area (Å²) in [6, 6.07) is 0. The molecule has 0 heterocycles. The maximum absolute atomic E-state index is 12.5. The zero-order chi connectivity index (χ0) is 19.9. The van der Waals surface area contributed by atoms with Crippen LogP contribution in [-0.2, 0) is 4.74 Å². The Labute approximate surface area is 174 Å². The Morgan fingerprint density at radius 1 is 1.10 bits per heavy atom. The van der Waals surface area contributed by atoms with Crippen molar-refractivity contribution in [3.8, 4) is 0 Å². The van der Waals surface area contributed by atoms with Gasteiger partial charge in [0.2, 0.25) is 0 Å². The molecule has 0 amide bonds. The summed E-state index contributed by atoms with van der Waals surface area (Å²) in [5.41, 5.74) is -0.240. The molecule has 7 rings (SSSR count). The van der Waals surface area contributed by atoms with Crippen LogP contribution in [-0.4, -0.2) is 29.0 Å². The van der Waals surface area contributed by atoms with Gasteiger partial charge in [0.05, 0.1) is 11.7 Å². The van der Waals surface area contributed by atoms with Crippen molar-refractivity contribution in [3.05, 3.63) is 24.0 Å². The van der Waals surface area contributed by atoms with Gasteiger partial charge in [0.1, 0.15) is 11.7 Å². The third kappa shape index (κ3) is 1.48. The first-order valence-electron chi connectivity index (χ1n) is 12.2. The molecule has 3 heteroatoms. The summed E-state index contributed by atoms with van der Waals surface area (Å²) in [6.45, 7) is 2.57. The first-order valence-corrected chi connectivity index (χ1v) is 12.2. The average molecular weight is 397 g/mol. The Hall–Kier alpha value is -0.800. The van der Waals surface area contributed by atoms with Crippen LogP contribution in [0.3, 0.4) is 0 Å². The lowest BCUT2D eigenvalue weighted by molar-refractivity contribution is -0.190. The second-order valence-electron chi connectivity index (χ2n) is 12.2. The van der Waals surface area contributed by atoms with Crippen LogP contribution in [0.4, 0.5) is 0 Å². The van der Waals surface area contributed by atoms with Gasteiger partial charge in [-0.1, -0.05) is 31.9 Å². The number of aliphatic hydroxyl groups excluding tert-OH is 1. The Morgan fingerprint density at radius 3 is 2.66 bits per heavy atom. The van der Waals surface area contributed by atoms with Gasteiger partial charge < -0.3 is 14.9 Å². The lowest BCUT2D eigenvalue weighted by atomic mass is 9.45. The van der Waals surface area contributed by atoms with Crippen LogP contribution in [0.2, 0.25) is 0 Å². The molecule has 5 saturated carbocycles. The van der Waals surface area contributed by atoms with Crippen LogP contribution >= 0.6 is 0 Å². The van der Waals surface area contributed by atoms with E-state index in [1.54, 1.807) is 7.11 Å². The van der Waals surface area contributed by atoms with E-state index in [4.69, 9.17) is 4.74 Å². The van der Waals surface area contributed by atoms with Crippen molar-refractivity contribution in [1.82, 2.24) is 0 Å². The Balaban J connectivity index is 1.49. The number of methoxy groups -OCH3 is 1. The van der Waals surface area contributed by atoms with E-state index < -0.39 is 5.60 Å². The van der Waals surface area contributed by atoms with E-state index in [-0.39, 0.29) is 22.9 Å². The molecule has 3 nitrogen and oxygen atoms in total. The van der Waals surface area contributed by atoms with E-state index in [1.165, 1.54) is 51.4 Å². The zero-order valence-corrected chi connectivity index (χ0v) is 18.0. The van der Waals surface area contributed by atoms with Crippen molar-refractivity contribution < 1.29 is 14.9 Å². The highest BCUT2D eigenvalue weighted by atomic mass is 16.5. The first-order chi connectivity index (χ1) is 13.9. The third-order valence-electron chi connectivity index (χ3n) is 12.4. The van der Waals surface area contributed by atoms with Crippen LogP contribution in [0.5, 0.6) is 0 Å². The minimum absolute atomic E-state index is 0.0849. The van der Waals surface area contributed by atoms with E-state index in [0.29, 0.717) is 34.3 Å². The topological polar surface area (TPSA) is 49.7 Å². The number of aliphatic hydroxyl groups is 2. The maximum atomic E-state index is 12.5. The van der Waals surface area contributed by atoms with Gasteiger partial charge in [-0.15, -0.1) is 0 Å². The normalized spacial score (nSPS) is 60.4. The molecule has 0 aromatic rings. The van der Waals surface area contributed by atoms with Gasteiger partial charge in [0.25, 0.3) is 0 Å². The second-order valence-corrected chi connectivity index (χ2v) is 12.2. The molecule has 0 saturated heterocycles. The molecule has 5 fully saturated rings. The predicted molar refractivity (Wildman–Crippen MR) is 111 cm³/mol. The molecule has 9 unspecified atom stereocenters. The van der Waals surface area contributed by atoms with Gasteiger partial charge in [-0.2, -0.15) is 0 Å². The lowest BCUT2D eigenvalue weighted by Crippen LogP contribution is -2.60. The van der Waals surface area contributed by atoms with E-state index in [2.05, 4.69) is 19.1 Å². The molecule has 4 bridgehead atoms. The molecule has 9 atom stereocenters. The molecule has 0 aliphatic heterocycles. The van der Waals surface area contributed by atoms with Gasteiger partial charge in [-0.3, -0.25) is 0 Å². The van der Waals surface area contributed by atoms with Crippen LogP contribution in [0, 0.1) is 45.3 Å². The van der Waals surface area contributed by atoms with E-state index >= 15 is 0 Å². The summed E-state index contributed by atoms with van der Waals surface area (Å²) in [5.74, 6) is 2.01. The SMILES string of the molecule is COC1C=C(O)C2C3C4CCC56CCC7(CCCC7)C5C=CCC(C4)(C12O)C36C. The van der Waals surface area contributed by atoms with E-state index in [9.17, 15) is 10.2 Å². The van der Waals surface area contributed by atoms with E-state index in [0.717, 1.165) is 12.8 Å². The number of hydrogen-bond donors (Lipinski definition) is 2. The fraction of sp³-hybridized carbons (Fsp3) is 0.846. The van der Waals surface area contributed by atoms with Gasteiger partial charge in [0, 0.05) is 12.5 Å². The number of hydrogen-bond acceptors (Lipinski definition) is 3. The van der Waals surface area contributed by atoms with Crippen molar-refractivity contribution in [2.45, 2.75) is 82.8 Å². The fourth-order valence-corrected chi connectivity index (χ4v) is 11.7. The van der Waals surface area contributed by atoms with Gasteiger partial charge in [-0.25, -0.2) is 0 Å². The molecule has 0 radical (unpaired) electrons. The molecule has 0 aromatic carbocycles. The summed E-state index contributed by atoms with van der Waals surface area (Å²) >= 11 is 0. The quantitative estimate of drug-likeness (QED) is 0.602. The molecule has 158 valence electrons. The highest BCUT2D eigenvalue weighted by molar-refractivity contribution is 5.44. The Morgan fingerprint density at radius 2 is 1.90 bits per heavy atom. The highest BCUT2D eigenvalue weighted by Gasteiger charge is 2.88. The van der Waals surface area contributed by atoms with Crippen molar-refractivity contribution in [1.29, 1.82) is 0 Å². The standard InChI is InChI=1S/C26H36O3/c1-22-20-16-7-11-24(22)13-12-23(8-3-4-9-23)18(24)6-5-10-25(22,15-16)26(28)19(29-2)14-17(27)21(20)26/h5-6,14,16,18-21,27-28H,3-4,7-13,15H2,1-2H3. The van der Waals surface area contributed by atoms with Gasteiger partial charge >= 0.3 is 0 Å². The first kappa shape index (κ1) is 17.8. The number of allylic oxidation sites excluding steroid dienone is 2. The summed E-state index contributed by atoms with van der Waals surface area (Å²) < 4.78 is 5.86. The minimum atomic E-state index is -0.955. The third-order valence-corrected chi connectivity index (χ3v) is 12.4. The maximum Gasteiger partial charge on any atom is 0.111 e. The smallest absolute Gasteiger partial charge is 0.111 e. The van der Waals surface area contributed by atoms with Crippen molar-refractivity contribution in [2.24, 2.45) is 45.3 Å². The number of ether oxygens (including phenoxy) is 1. The Bertz CT molecular complexity index is 839. The van der Waals surface area contributed by atoms with Crippen molar-refractivity contribution in [2.75, 3.05) is 7.11 Å². The average Bonchev–Trinajstić information content (AvgIpc) is 3.43. The molecule has 2 N–H and O–H groups in total.